The van der Waals surface area contributed by atoms with Crippen molar-refractivity contribution in [2.45, 2.75) is 45.1 Å². The molecule has 110 valence electrons. The van der Waals surface area contributed by atoms with Gasteiger partial charge in [0.25, 0.3) is 0 Å². The van der Waals surface area contributed by atoms with E-state index in [1.54, 1.807) is 7.11 Å². The largest absolute Gasteiger partial charge is 0.394 e. The SMILES string of the molecule is CCNC(C)(CO)CCCCN(C)CCCOC. The second kappa shape index (κ2) is 10.7. The van der Waals surface area contributed by atoms with Gasteiger partial charge in [-0.05, 0) is 46.3 Å². The molecule has 4 heteroatoms. The average molecular weight is 260 g/mol. The molecule has 0 aliphatic carbocycles. The van der Waals surface area contributed by atoms with Crippen molar-refractivity contribution in [1.29, 1.82) is 0 Å². The lowest BCUT2D eigenvalue weighted by Gasteiger charge is -2.28. The second-order valence-electron chi connectivity index (χ2n) is 5.36. The summed E-state index contributed by atoms with van der Waals surface area (Å²) in [5.41, 5.74) is -0.108. The van der Waals surface area contributed by atoms with Crippen LogP contribution >= 0.6 is 0 Å². The van der Waals surface area contributed by atoms with Crippen LogP contribution in [-0.2, 0) is 4.74 Å². The van der Waals surface area contributed by atoms with E-state index < -0.39 is 0 Å². The fourth-order valence-corrected chi connectivity index (χ4v) is 2.14. The lowest BCUT2D eigenvalue weighted by molar-refractivity contribution is 0.161. The Balaban J connectivity index is 3.58. The zero-order valence-electron chi connectivity index (χ0n) is 12.7. The molecule has 0 rings (SSSR count). The Morgan fingerprint density at radius 2 is 1.89 bits per heavy atom. The molecule has 0 aromatic heterocycles. The van der Waals surface area contributed by atoms with Crippen molar-refractivity contribution in [1.82, 2.24) is 10.2 Å². The molecule has 0 saturated carbocycles. The van der Waals surface area contributed by atoms with E-state index in [1.165, 1.54) is 6.42 Å². The molecule has 1 unspecified atom stereocenters. The third kappa shape index (κ3) is 8.86. The second-order valence-corrected chi connectivity index (χ2v) is 5.36. The first kappa shape index (κ1) is 17.8. The Hall–Kier alpha value is -0.160. The summed E-state index contributed by atoms with van der Waals surface area (Å²) in [5, 5.41) is 12.7. The van der Waals surface area contributed by atoms with Crippen molar-refractivity contribution in [3.8, 4) is 0 Å². The van der Waals surface area contributed by atoms with Gasteiger partial charge >= 0.3 is 0 Å². The zero-order chi connectivity index (χ0) is 13.9. The number of aliphatic hydroxyl groups is 1. The maximum Gasteiger partial charge on any atom is 0.0610 e. The summed E-state index contributed by atoms with van der Waals surface area (Å²) in [7, 11) is 3.90. The molecular weight excluding hydrogens is 228 g/mol. The number of ether oxygens (including phenoxy) is 1. The van der Waals surface area contributed by atoms with E-state index in [0.29, 0.717) is 0 Å². The van der Waals surface area contributed by atoms with Crippen LogP contribution in [0, 0.1) is 0 Å². The predicted molar refractivity (Wildman–Crippen MR) is 77.0 cm³/mol. The van der Waals surface area contributed by atoms with E-state index in [9.17, 15) is 5.11 Å². The quantitative estimate of drug-likeness (QED) is 0.522. The lowest BCUT2D eigenvalue weighted by atomic mass is 9.95. The number of unbranched alkanes of at least 4 members (excludes halogenated alkanes) is 1. The third-order valence-electron chi connectivity index (χ3n) is 3.36. The van der Waals surface area contributed by atoms with Gasteiger partial charge in [-0.3, -0.25) is 0 Å². The molecule has 0 fully saturated rings. The highest BCUT2D eigenvalue weighted by Crippen LogP contribution is 2.13. The molecule has 0 aliphatic rings. The molecule has 4 nitrogen and oxygen atoms in total. The van der Waals surface area contributed by atoms with Crippen LogP contribution in [0.5, 0.6) is 0 Å². The van der Waals surface area contributed by atoms with Gasteiger partial charge in [-0.1, -0.05) is 13.3 Å². The molecule has 0 saturated heterocycles. The number of likely N-dealkylation sites (N-methyl/N-ethyl adjacent to an activating group) is 1. The van der Waals surface area contributed by atoms with Gasteiger partial charge in [0.05, 0.1) is 6.61 Å². The van der Waals surface area contributed by atoms with Crippen LogP contribution in [-0.4, -0.2) is 62.6 Å². The third-order valence-corrected chi connectivity index (χ3v) is 3.36. The molecule has 0 heterocycles. The van der Waals surface area contributed by atoms with Gasteiger partial charge in [0.1, 0.15) is 0 Å². The van der Waals surface area contributed by atoms with Crippen LogP contribution in [0.15, 0.2) is 0 Å². The van der Waals surface area contributed by atoms with Gasteiger partial charge in [-0.15, -0.1) is 0 Å². The molecule has 0 aromatic carbocycles. The summed E-state index contributed by atoms with van der Waals surface area (Å²) in [4.78, 5) is 2.35. The fraction of sp³-hybridized carbons (Fsp3) is 1.00. The maximum atomic E-state index is 9.38. The van der Waals surface area contributed by atoms with E-state index in [1.807, 2.05) is 0 Å². The highest BCUT2D eigenvalue weighted by Gasteiger charge is 2.20. The number of nitrogens with zero attached hydrogens (tertiary/aromatic N) is 1. The van der Waals surface area contributed by atoms with Gasteiger partial charge in [0, 0.05) is 25.8 Å². The van der Waals surface area contributed by atoms with Gasteiger partial charge in [0.2, 0.25) is 0 Å². The van der Waals surface area contributed by atoms with E-state index in [0.717, 1.165) is 45.5 Å². The molecule has 0 amide bonds. The molecule has 0 bridgehead atoms. The minimum Gasteiger partial charge on any atom is -0.394 e. The monoisotopic (exact) mass is 260 g/mol. The average Bonchev–Trinajstić information content (AvgIpc) is 2.35. The first-order valence-electron chi connectivity index (χ1n) is 7.11. The number of aliphatic hydroxyl groups excluding tert-OH is 1. The molecule has 0 aliphatic heterocycles. The van der Waals surface area contributed by atoms with Gasteiger partial charge in [0.15, 0.2) is 0 Å². The smallest absolute Gasteiger partial charge is 0.0610 e. The maximum absolute atomic E-state index is 9.38. The van der Waals surface area contributed by atoms with Crippen LogP contribution in [0.1, 0.15) is 39.5 Å². The highest BCUT2D eigenvalue weighted by atomic mass is 16.5. The Morgan fingerprint density at radius 3 is 2.44 bits per heavy atom. The van der Waals surface area contributed by atoms with E-state index in [2.05, 4.69) is 31.1 Å². The minimum absolute atomic E-state index is 0.108. The van der Waals surface area contributed by atoms with Gasteiger partial charge in [-0.2, -0.15) is 0 Å². The molecule has 0 aromatic rings. The summed E-state index contributed by atoms with van der Waals surface area (Å²) < 4.78 is 5.04. The Bertz CT molecular complexity index is 191. The molecule has 2 N–H and O–H groups in total. The van der Waals surface area contributed by atoms with Crippen molar-refractivity contribution in [3.63, 3.8) is 0 Å². The van der Waals surface area contributed by atoms with Crippen molar-refractivity contribution >= 4 is 0 Å². The molecule has 1 atom stereocenters. The first-order chi connectivity index (χ1) is 8.58. The van der Waals surface area contributed by atoms with E-state index in [4.69, 9.17) is 4.74 Å². The van der Waals surface area contributed by atoms with Crippen molar-refractivity contribution in [2.24, 2.45) is 0 Å². The zero-order valence-corrected chi connectivity index (χ0v) is 12.7. The van der Waals surface area contributed by atoms with Crippen LogP contribution in [0.25, 0.3) is 0 Å². The normalized spacial score (nSPS) is 15.0. The molecule has 18 heavy (non-hydrogen) atoms. The Kier molecular flexibility index (Phi) is 10.6. The summed E-state index contributed by atoms with van der Waals surface area (Å²) >= 11 is 0. The highest BCUT2D eigenvalue weighted by molar-refractivity contribution is 4.81. The van der Waals surface area contributed by atoms with E-state index >= 15 is 0 Å². The number of methoxy groups -OCH3 is 1. The summed E-state index contributed by atoms with van der Waals surface area (Å²) in [6.45, 7) is 8.36. The summed E-state index contributed by atoms with van der Waals surface area (Å²) in [5.74, 6) is 0. The number of hydrogen-bond acceptors (Lipinski definition) is 4. The van der Waals surface area contributed by atoms with Gasteiger partial charge < -0.3 is 20.1 Å². The van der Waals surface area contributed by atoms with Crippen LogP contribution in [0.2, 0.25) is 0 Å². The predicted octanol–water partition coefficient (Wildman–Crippen LogP) is 1.49. The topological polar surface area (TPSA) is 44.7 Å². The summed E-state index contributed by atoms with van der Waals surface area (Å²) in [6.07, 6.45) is 4.46. The van der Waals surface area contributed by atoms with Crippen LogP contribution in [0.4, 0.5) is 0 Å². The number of rotatable bonds is 12. The standard InChI is InChI=1S/C14H32N2O2/c1-5-15-14(2,13-17)9-6-7-10-16(3)11-8-12-18-4/h15,17H,5-13H2,1-4H3. The van der Waals surface area contributed by atoms with Crippen molar-refractivity contribution < 1.29 is 9.84 Å². The minimum atomic E-state index is -0.108. The molecule has 0 spiro atoms. The van der Waals surface area contributed by atoms with Crippen LogP contribution < -0.4 is 5.32 Å². The van der Waals surface area contributed by atoms with E-state index in [-0.39, 0.29) is 12.1 Å². The van der Waals surface area contributed by atoms with Crippen LogP contribution in [0.3, 0.4) is 0 Å². The van der Waals surface area contributed by atoms with Gasteiger partial charge in [-0.25, -0.2) is 0 Å². The first-order valence-corrected chi connectivity index (χ1v) is 7.11. The van der Waals surface area contributed by atoms with Crippen molar-refractivity contribution in [2.75, 3.05) is 47.0 Å². The Morgan fingerprint density at radius 1 is 1.22 bits per heavy atom. The fourth-order valence-electron chi connectivity index (χ4n) is 2.14. The summed E-state index contributed by atoms with van der Waals surface area (Å²) in [6, 6.07) is 0. The molecular formula is C14H32N2O2. The Labute approximate surface area is 113 Å². The lowest BCUT2D eigenvalue weighted by Crippen LogP contribution is -2.45. The number of nitrogens with one attached hydrogen (secondary N) is 1. The van der Waals surface area contributed by atoms with Crippen molar-refractivity contribution in [3.05, 3.63) is 0 Å². The molecule has 0 radical (unpaired) electrons. The number of hydrogen-bond donors (Lipinski definition) is 2.